The minimum Gasteiger partial charge on any atom is -0.497 e. The van der Waals surface area contributed by atoms with Crippen LogP contribution in [-0.4, -0.2) is 51.9 Å². The molecule has 196 valence electrons. The number of anilines is 1. The normalized spacial score (nSPS) is 11.9. The largest absolute Gasteiger partial charge is 0.497 e. The Kier molecular flexibility index (Phi) is 8.88. The number of ether oxygens (including phenoxy) is 1. The third-order valence-electron chi connectivity index (χ3n) is 5.91. The highest BCUT2D eigenvalue weighted by Gasteiger charge is 2.33. The van der Waals surface area contributed by atoms with Gasteiger partial charge in [0.25, 0.3) is 10.0 Å². The molecule has 0 radical (unpaired) electrons. The molecular formula is C27H30FN3O5S. The van der Waals surface area contributed by atoms with Crippen molar-refractivity contribution in [1.29, 1.82) is 0 Å². The van der Waals surface area contributed by atoms with E-state index in [0.29, 0.717) is 11.3 Å². The number of para-hydroxylation sites is 1. The molecule has 1 N–H and O–H groups in total. The number of hydrogen-bond acceptors (Lipinski definition) is 5. The number of hydrogen-bond donors (Lipinski definition) is 1. The molecule has 0 aliphatic carbocycles. The zero-order valence-electron chi connectivity index (χ0n) is 21.1. The first-order valence-electron chi connectivity index (χ1n) is 11.6. The number of sulfonamides is 1. The van der Waals surface area contributed by atoms with Crippen molar-refractivity contribution in [2.24, 2.45) is 0 Å². The maximum atomic E-state index is 14.9. The topological polar surface area (TPSA) is 96.0 Å². The van der Waals surface area contributed by atoms with Crippen LogP contribution in [0, 0.1) is 12.7 Å². The van der Waals surface area contributed by atoms with Gasteiger partial charge < -0.3 is 15.0 Å². The molecule has 0 aliphatic rings. The molecule has 0 bridgehead atoms. The van der Waals surface area contributed by atoms with Crippen LogP contribution >= 0.6 is 0 Å². The van der Waals surface area contributed by atoms with Crippen molar-refractivity contribution in [3.63, 3.8) is 0 Å². The van der Waals surface area contributed by atoms with Gasteiger partial charge in [-0.15, -0.1) is 0 Å². The summed E-state index contributed by atoms with van der Waals surface area (Å²) in [4.78, 5) is 27.4. The van der Waals surface area contributed by atoms with Crippen molar-refractivity contribution in [1.82, 2.24) is 10.2 Å². The quantitative estimate of drug-likeness (QED) is 0.436. The third-order valence-corrected chi connectivity index (χ3v) is 7.68. The smallest absolute Gasteiger partial charge is 0.264 e. The van der Waals surface area contributed by atoms with Crippen LogP contribution in [0.3, 0.4) is 0 Å². The summed E-state index contributed by atoms with van der Waals surface area (Å²) in [6.45, 7) is 2.63. The maximum absolute atomic E-state index is 14.9. The van der Waals surface area contributed by atoms with E-state index in [-0.39, 0.29) is 17.1 Å². The Morgan fingerprint density at radius 3 is 2.32 bits per heavy atom. The number of methoxy groups -OCH3 is 1. The summed E-state index contributed by atoms with van der Waals surface area (Å²) in [5.41, 5.74) is 1.24. The first-order chi connectivity index (χ1) is 17.6. The number of halogens is 1. The van der Waals surface area contributed by atoms with Crippen LogP contribution < -0.4 is 14.4 Å². The first-order valence-corrected chi connectivity index (χ1v) is 13.0. The highest BCUT2D eigenvalue weighted by molar-refractivity contribution is 7.92. The van der Waals surface area contributed by atoms with Crippen LogP contribution in [0.15, 0.2) is 77.7 Å². The summed E-state index contributed by atoms with van der Waals surface area (Å²) in [5, 5.41) is 2.51. The molecule has 0 aromatic heterocycles. The van der Waals surface area contributed by atoms with Gasteiger partial charge in [0, 0.05) is 13.6 Å². The van der Waals surface area contributed by atoms with E-state index in [4.69, 9.17) is 4.74 Å². The number of carbonyl (C=O) groups excluding carboxylic acids is 2. The Labute approximate surface area is 216 Å². The number of likely N-dealkylation sites (N-methyl/N-ethyl adjacent to an activating group) is 1. The zero-order valence-corrected chi connectivity index (χ0v) is 22.0. The fourth-order valence-corrected chi connectivity index (χ4v) is 5.19. The summed E-state index contributed by atoms with van der Waals surface area (Å²) in [6.07, 6.45) is 0. The molecule has 0 saturated carbocycles. The first kappa shape index (κ1) is 27.7. The van der Waals surface area contributed by atoms with E-state index in [0.717, 1.165) is 15.9 Å². The monoisotopic (exact) mass is 527 g/mol. The number of aryl methyl sites for hydroxylation is 1. The lowest BCUT2D eigenvalue weighted by atomic mass is 10.1. The van der Waals surface area contributed by atoms with Gasteiger partial charge in [0.15, 0.2) is 0 Å². The number of nitrogens with zero attached hydrogens (tertiary/aromatic N) is 2. The summed E-state index contributed by atoms with van der Waals surface area (Å²) in [6, 6.07) is 17.4. The van der Waals surface area contributed by atoms with E-state index in [9.17, 15) is 22.4 Å². The molecule has 0 fully saturated rings. The number of rotatable bonds is 10. The van der Waals surface area contributed by atoms with Gasteiger partial charge in [-0.25, -0.2) is 12.8 Å². The molecule has 8 nitrogen and oxygen atoms in total. The van der Waals surface area contributed by atoms with Gasteiger partial charge >= 0.3 is 0 Å². The van der Waals surface area contributed by atoms with Gasteiger partial charge in [0.2, 0.25) is 11.8 Å². The van der Waals surface area contributed by atoms with Crippen LogP contribution in [0.25, 0.3) is 0 Å². The molecule has 3 aromatic carbocycles. The summed E-state index contributed by atoms with van der Waals surface area (Å²) in [7, 11) is -1.38. The third kappa shape index (κ3) is 6.45. The average molecular weight is 528 g/mol. The number of amides is 2. The fraction of sp³-hybridized carbons (Fsp3) is 0.259. The van der Waals surface area contributed by atoms with Crippen LogP contribution in [0.2, 0.25) is 0 Å². The van der Waals surface area contributed by atoms with E-state index < -0.39 is 40.2 Å². The SMILES string of the molecule is CNC(=O)[C@H](C)N(Cc1cccc(OC)c1)C(=O)CN(c1ccccc1F)S(=O)(=O)c1ccc(C)cc1. The lowest BCUT2D eigenvalue weighted by Gasteiger charge is -2.32. The summed E-state index contributed by atoms with van der Waals surface area (Å²) in [5.74, 6) is -1.36. The second-order valence-electron chi connectivity index (χ2n) is 8.44. The average Bonchev–Trinajstić information content (AvgIpc) is 2.90. The van der Waals surface area contributed by atoms with Crippen molar-refractivity contribution in [2.45, 2.75) is 31.3 Å². The highest BCUT2D eigenvalue weighted by atomic mass is 32.2. The Hall–Kier alpha value is -3.92. The summed E-state index contributed by atoms with van der Waals surface area (Å²) >= 11 is 0. The highest BCUT2D eigenvalue weighted by Crippen LogP contribution is 2.27. The molecule has 1 atom stereocenters. The van der Waals surface area contributed by atoms with E-state index in [1.807, 2.05) is 6.92 Å². The predicted octanol–water partition coefficient (Wildman–Crippen LogP) is 3.50. The minimum atomic E-state index is -4.33. The van der Waals surface area contributed by atoms with E-state index >= 15 is 0 Å². The molecule has 2 amide bonds. The Morgan fingerprint density at radius 1 is 1.03 bits per heavy atom. The van der Waals surface area contributed by atoms with Gasteiger partial charge in [0.1, 0.15) is 24.2 Å². The van der Waals surface area contributed by atoms with Gasteiger partial charge in [-0.2, -0.15) is 0 Å². The van der Waals surface area contributed by atoms with Crippen molar-refractivity contribution >= 4 is 27.5 Å². The molecule has 0 saturated heterocycles. The Bertz CT molecular complexity index is 1360. The fourth-order valence-electron chi connectivity index (χ4n) is 3.76. The van der Waals surface area contributed by atoms with Crippen LogP contribution in [0.4, 0.5) is 10.1 Å². The van der Waals surface area contributed by atoms with Gasteiger partial charge in [-0.05, 0) is 55.8 Å². The molecule has 37 heavy (non-hydrogen) atoms. The zero-order chi connectivity index (χ0) is 27.2. The minimum absolute atomic E-state index is 0.000309. The van der Waals surface area contributed by atoms with Crippen molar-refractivity contribution < 1.29 is 27.1 Å². The van der Waals surface area contributed by atoms with Crippen LogP contribution in [0.1, 0.15) is 18.1 Å². The number of nitrogens with one attached hydrogen (secondary N) is 1. The molecule has 0 heterocycles. The van der Waals surface area contributed by atoms with Gasteiger partial charge in [0.05, 0.1) is 17.7 Å². The lowest BCUT2D eigenvalue weighted by molar-refractivity contribution is -0.139. The second kappa shape index (κ2) is 11.9. The molecule has 3 aromatic rings. The van der Waals surface area contributed by atoms with E-state index in [2.05, 4.69) is 5.32 Å². The second-order valence-corrected chi connectivity index (χ2v) is 10.3. The predicted molar refractivity (Wildman–Crippen MR) is 139 cm³/mol. The van der Waals surface area contributed by atoms with Crippen LogP contribution in [0.5, 0.6) is 5.75 Å². The number of benzene rings is 3. The molecule has 0 spiro atoms. The lowest BCUT2D eigenvalue weighted by Crippen LogP contribution is -2.50. The standard InChI is InChI=1S/C27H30FN3O5S/c1-19-12-14-23(15-13-19)37(34,35)31(25-11-6-5-10-24(25)28)18-26(32)30(20(2)27(33)29-3)17-21-8-7-9-22(16-21)36-4/h5-16,20H,17-18H2,1-4H3,(H,29,33)/t20-/m0/s1. The van der Waals surface area contributed by atoms with Crippen molar-refractivity contribution in [3.05, 3.63) is 89.7 Å². The van der Waals surface area contributed by atoms with Gasteiger partial charge in [-0.1, -0.05) is 42.0 Å². The maximum Gasteiger partial charge on any atom is 0.264 e. The molecule has 0 aliphatic heterocycles. The molecular weight excluding hydrogens is 497 g/mol. The number of carbonyl (C=O) groups is 2. The Morgan fingerprint density at radius 2 is 1.70 bits per heavy atom. The molecule has 3 rings (SSSR count). The summed E-state index contributed by atoms with van der Waals surface area (Å²) < 4.78 is 48.2. The van der Waals surface area contributed by atoms with Crippen molar-refractivity contribution in [3.8, 4) is 5.75 Å². The van der Waals surface area contributed by atoms with Crippen LogP contribution in [-0.2, 0) is 26.2 Å². The Balaban J connectivity index is 2.04. The molecule has 0 unspecified atom stereocenters. The van der Waals surface area contributed by atoms with E-state index in [1.54, 1.807) is 43.3 Å². The van der Waals surface area contributed by atoms with E-state index in [1.165, 1.54) is 49.4 Å². The van der Waals surface area contributed by atoms with Gasteiger partial charge in [-0.3, -0.25) is 13.9 Å². The van der Waals surface area contributed by atoms with Crippen molar-refractivity contribution in [2.75, 3.05) is 25.0 Å². The molecule has 10 heteroatoms.